The first kappa shape index (κ1) is 14.5. The van der Waals surface area contributed by atoms with E-state index in [0.29, 0.717) is 0 Å². The van der Waals surface area contributed by atoms with Crippen LogP contribution in [0, 0.1) is 0 Å². The third kappa shape index (κ3) is 2.98. The number of ether oxygens (including phenoxy) is 2. The molecule has 1 amide bonds. The van der Waals surface area contributed by atoms with Crippen LogP contribution >= 0.6 is 0 Å². The van der Waals surface area contributed by atoms with Gasteiger partial charge >= 0.3 is 6.29 Å². The van der Waals surface area contributed by atoms with E-state index in [-0.39, 0.29) is 17.2 Å². The molecule has 0 radical (unpaired) electrons. The van der Waals surface area contributed by atoms with E-state index in [1.165, 1.54) is 19.1 Å². The van der Waals surface area contributed by atoms with E-state index in [1.54, 1.807) is 0 Å². The summed E-state index contributed by atoms with van der Waals surface area (Å²) in [7, 11) is -3.54. The number of fused-ring (bicyclic) bond motifs is 1. The number of amides is 1. The second-order valence-electron chi connectivity index (χ2n) is 4.29. The third-order valence-electron chi connectivity index (χ3n) is 2.68. The van der Waals surface area contributed by atoms with Crippen LogP contribution in [-0.4, -0.2) is 32.1 Å². The number of halogens is 2. The number of nitrogens with one attached hydrogen (secondary N) is 1. The lowest BCUT2D eigenvalue weighted by Crippen LogP contribution is -2.31. The molecule has 2 rings (SSSR count). The molecular formula is C11H11F2NO5S. The molecule has 0 fully saturated rings. The van der Waals surface area contributed by atoms with Crippen molar-refractivity contribution in [3.05, 3.63) is 18.2 Å². The Morgan fingerprint density at radius 3 is 2.50 bits per heavy atom. The minimum absolute atomic E-state index is 0.130. The quantitative estimate of drug-likeness (QED) is 0.912. The van der Waals surface area contributed by atoms with Gasteiger partial charge in [-0.15, -0.1) is 8.78 Å². The van der Waals surface area contributed by atoms with E-state index in [1.807, 2.05) is 0 Å². The summed E-state index contributed by atoms with van der Waals surface area (Å²) in [4.78, 5) is 11.7. The summed E-state index contributed by atoms with van der Waals surface area (Å²) in [6.45, 7) is 1.23. The first-order chi connectivity index (χ1) is 9.08. The Balaban J connectivity index is 2.16. The van der Waals surface area contributed by atoms with Crippen molar-refractivity contribution in [2.75, 3.05) is 11.6 Å². The Morgan fingerprint density at radius 2 is 1.90 bits per heavy atom. The molecule has 1 heterocycles. The molecule has 20 heavy (non-hydrogen) atoms. The Labute approximate surface area is 113 Å². The summed E-state index contributed by atoms with van der Waals surface area (Å²) in [6, 6.07) is 3.62. The minimum atomic E-state index is -3.75. The lowest BCUT2D eigenvalue weighted by Gasteiger charge is -2.10. The van der Waals surface area contributed by atoms with Gasteiger partial charge in [0.25, 0.3) is 0 Å². The second kappa shape index (κ2) is 4.58. The van der Waals surface area contributed by atoms with Crippen molar-refractivity contribution in [2.24, 2.45) is 0 Å². The van der Waals surface area contributed by atoms with E-state index >= 15 is 0 Å². The van der Waals surface area contributed by atoms with Crippen LogP contribution in [0.5, 0.6) is 11.5 Å². The number of carbonyl (C=O) groups excluding carboxylic acids is 1. The average molecular weight is 307 g/mol. The van der Waals surface area contributed by atoms with Crippen molar-refractivity contribution >= 4 is 21.4 Å². The number of rotatable bonds is 3. The number of benzene rings is 1. The molecule has 0 aliphatic carbocycles. The van der Waals surface area contributed by atoms with Crippen LogP contribution in [0.25, 0.3) is 0 Å². The van der Waals surface area contributed by atoms with Crippen molar-refractivity contribution in [3.8, 4) is 11.5 Å². The molecule has 0 unspecified atom stereocenters. The fraction of sp³-hybridized carbons (Fsp3) is 0.364. The molecular weight excluding hydrogens is 296 g/mol. The summed E-state index contributed by atoms with van der Waals surface area (Å²) in [5.74, 6) is -1.16. The summed E-state index contributed by atoms with van der Waals surface area (Å²) in [5, 5.41) is 1.05. The highest BCUT2D eigenvalue weighted by molar-refractivity contribution is 7.92. The third-order valence-corrected chi connectivity index (χ3v) is 4.18. The first-order valence-electron chi connectivity index (χ1n) is 5.48. The maximum absolute atomic E-state index is 12.8. The molecule has 110 valence electrons. The van der Waals surface area contributed by atoms with E-state index in [9.17, 15) is 22.0 Å². The van der Waals surface area contributed by atoms with Gasteiger partial charge in [-0.1, -0.05) is 0 Å². The van der Waals surface area contributed by atoms with Gasteiger partial charge in [0.05, 0.1) is 0 Å². The van der Waals surface area contributed by atoms with Gasteiger partial charge in [0.2, 0.25) is 5.91 Å². The molecule has 0 saturated carbocycles. The van der Waals surface area contributed by atoms with Gasteiger partial charge < -0.3 is 14.8 Å². The van der Waals surface area contributed by atoms with Crippen molar-refractivity contribution in [2.45, 2.75) is 18.5 Å². The predicted octanol–water partition coefficient (Wildman–Crippen LogP) is 1.38. The number of hydrogen-bond acceptors (Lipinski definition) is 5. The van der Waals surface area contributed by atoms with Gasteiger partial charge in [0, 0.05) is 18.0 Å². The van der Waals surface area contributed by atoms with Crippen LogP contribution in [0.2, 0.25) is 0 Å². The fourth-order valence-electron chi connectivity index (χ4n) is 1.47. The molecule has 0 spiro atoms. The Kier molecular flexibility index (Phi) is 3.32. The summed E-state index contributed by atoms with van der Waals surface area (Å²) < 4.78 is 56.5. The second-order valence-corrected chi connectivity index (χ2v) is 6.66. The van der Waals surface area contributed by atoms with Crippen LogP contribution in [0.3, 0.4) is 0 Å². The molecule has 1 aliphatic rings. The molecule has 1 aromatic rings. The standard InChI is InChI=1S/C11H11F2NO5S/c1-6(20(2,16)17)10(15)14-7-3-4-8-9(5-7)19-11(12,13)18-8/h3-6H,1-2H3,(H,14,15)/t6-/m1/s1. The van der Waals surface area contributed by atoms with Crippen LogP contribution in [0.4, 0.5) is 14.5 Å². The zero-order chi connectivity index (χ0) is 15.1. The number of anilines is 1. The zero-order valence-corrected chi connectivity index (χ0v) is 11.3. The number of carbonyl (C=O) groups is 1. The highest BCUT2D eigenvalue weighted by Crippen LogP contribution is 2.42. The summed E-state index contributed by atoms with van der Waals surface area (Å²) in [6.07, 6.45) is -2.82. The maximum Gasteiger partial charge on any atom is 0.586 e. The molecule has 1 N–H and O–H groups in total. The predicted molar refractivity (Wildman–Crippen MR) is 65.6 cm³/mol. The molecule has 0 saturated heterocycles. The van der Waals surface area contributed by atoms with Gasteiger partial charge in [-0.2, -0.15) is 0 Å². The van der Waals surface area contributed by atoms with Crippen LogP contribution in [0.15, 0.2) is 18.2 Å². The highest BCUT2D eigenvalue weighted by Gasteiger charge is 2.43. The SMILES string of the molecule is C[C@H](C(=O)Nc1ccc2c(c1)OC(F)(F)O2)S(C)(=O)=O. The lowest BCUT2D eigenvalue weighted by molar-refractivity contribution is -0.286. The zero-order valence-electron chi connectivity index (χ0n) is 10.5. The van der Waals surface area contributed by atoms with E-state index in [4.69, 9.17) is 0 Å². The molecule has 1 aliphatic heterocycles. The summed E-state index contributed by atoms with van der Waals surface area (Å²) >= 11 is 0. The highest BCUT2D eigenvalue weighted by atomic mass is 32.2. The van der Waals surface area contributed by atoms with E-state index < -0.39 is 27.3 Å². The van der Waals surface area contributed by atoms with Crippen molar-refractivity contribution in [3.63, 3.8) is 0 Å². The molecule has 0 bridgehead atoms. The molecule has 6 nitrogen and oxygen atoms in total. The monoisotopic (exact) mass is 307 g/mol. The maximum atomic E-state index is 12.8. The molecule has 1 atom stereocenters. The Bertz CT molecular complexity index is 659. The number of alkyl halides is 2. The van der Waals surface area contributed by atoms with Gasteiger partial charge in [-0.3, -0.25) is 4.79 Å². The smallest absolute Gasteiger partial charge is 0.395 e. The first-order valence-corrected chi connectivity index (χ1v) is 7.43. The minimum Gasteiger partial charge on any atom is -0.395 e. The van der Waals surface area contributed by atoms with Gasteiger partial charge in [-0.05, 0) is 19.1 Å². The van der Waals surface area contributed by atoms with Crippen LogP contribution in [0.1, 0.15) is 6.92 Å². The number of hydrogen-bond donors (Lipinski definition) is 1. The normalized spacial score (nSPS) is 17.6. The largest absolute Gasteiger partial charge is 0.586 e. The van der Waals surface area contributed by atoms with Crippen LogP contribution in [-0.2, 0) is 14.6 Å². The van der Waals surface area contributed by atoms with Crippen molar-refractivity contribution in [1.29, 1.82) is 0 Å². The van der Waals surface area contributed by atoms with Crippen molar-refractivity contribution in [1.82, 2.24) is 0 Å². The van der Waals surface area contributed by atoms with Gasteiger partial charge in [0.1, 0.15) is 5.25 Å². The van der Waals surface area contributed by atoms with Crippen LogP contribution < -0.4 is 14.8 Å². The summed E-state index contributed by atoms with van der Waals surface area (Å²) in [5.41, 5.74) is 0.130. The Morgan fingerprint density at radius 1 is 1.30 bits per heavy atom. The number of sulfone groups is 1. The lowest BCUT2D eigenvalue weighted by atomic mass is 10.2. The fourth-order valence-corrected chi connectivity index (χ4v) is 1.91. The topological polar surface area (TPSA) is 81.7 Å². The molecule has 0 aromatic heterocycles. The molecule has 1 aromatic carbocycles. The van der Waals surface area contributed by atoms with Gasteiger partial charge in [-0.25, -0.2) is 8.42 Å². The van der Waals surface area contributed by atoms with E-state index in [0.717, 1.165) is 12.3 Å². The Hall–Kier alpha value is -1.90. The van der Waals surface area contributed by atoms with Gasteiger partial charge in [0.15, 0.2) is 21.3 Å². The van der Waals surface area contributed by atoms with Crippen molar-refractivity contribution < 1.29 is 31.5 Å². The molecule has 9 heteroatoms. The average Bonchev–Trinajstić information content (AvgIpc) is 2.59. The van der Waals surface area contributed by atoms with E-state index in [2.05, 4.69) is 14.8 Å².